The molecule has 3 heterocycles. The van der Waals surface area contributed by atoms with Crippen molar-refractivity contribution in [3.05, 3.63) is 21.7 Å². The molecule has 1 aliphatic carbocycles. The first-order valence-electron chi connectivity index (χ1n) is 7.56. The molecule has 102 valence electrons. The van der Waals surface area contributed by atoms with Gasteiger partial charge in [0, 0.05) is 29.3 Å². The van der Waals surface area contributed by atoms with Gasteiger partial charge < -0.3 is 9.88 Å². The standard InChI is InChI=1S/C15H21N3S/c1-18-10-5-6-11(18)8-9(7-10)14-16-13-4-2-3-12(13)15(19)17-14/h9-11H,2-8H2,1H3,(H,16,17,19). The van der Waals surface area contributed by atoms with Crippen molar-refractivity contribution in [2.75, 3.05) is 7.05 Å². The number of rotatable bonds is 1. The molecular weight excluding hydrogens is 254 g/mol. The molecule has 2 atom stereocenters. The second-order valence-electron chi connectivity index (χ2n) is 6.46. The zero-order valence-electron chi connectivity index (χ0n) is 11.5. The highest BCUT2D eigenvalue weighted by molar-refractivity contribution is 7.71. The summed E-state index contributed by atoms with van der Waals surface area (Å²) >= 11 is 5.49. The van der Waals surface area contributed by atoms with E-state index in [1.807, 2.05) is 0 Å². The molecule has 3 aliphatic rings. The Morgan fingerprint density at radius 3 is 2.68 bits per heavy atom. The van der Waals surface area contributed by atoms with Crippen LogP contribution in [0.25, 0.3) is 0 Å². The molecule has 19 heavy (non-hydrogen) atoms. The van der Waals surface area contributed by atoms with Crippen molar-refractivity contribution in [3.63, 3.8) is 0 Å². The molecule has 1 aromatic rings. The second-order valence-corrected chi connectivity index (χ2v) is 6.84. The Labute approximate surface area is 119 Å². The fourth-order valence-corrected chi connectivity index (χ4v) is 4.63. The Balaban J connectivity index is 1.67. The van der Waals surface area contributed by atoms with Crippen molar-refractivity contribution in [2.24, 2.45) is 0 Å². The molecule has 4 rings (SSSR count). The average molecular weight is 275 g/mol. The van der Waals surface area contributed by atoms with Crippen LogP contribution in [0.4, 0.5) is 0 Å². The van der Waals surface area contributed by atoms with Crippen LogP contribution in [0.1, 0.15) is 55.1 Å². The van der Waals surface area contributed by atoms with Crippen LogP contribution >= 0.6 is 12.2 Å². The molecule has 2 bridgehead atoms. The van der Waals surface area contributed by atoms with Gasteiger partial charge in [-0.3, -0.25) is 0 Å². The third kappa shape index (κ3) is 1.88. The van der Waals surface area contributed by atoms with E-state index in [9.17, 15) is 0 Å². The Kier molecular flexibility index (Phi) is 2.78. The van der Waals surface area contributed by atoms with Crippen molar-refractivity contribution < 1.29 is 0 Å². The highest BCUT2D eigenvalue weighted by Gasteiger charge is 2.39. The van der Waals surface area contributed by atoms with E-state index >= 15 is 0 Å². The number of aromatic nitrogens is 2. The number of aryl methyl sites for hydroxylation is 1. The second kappa shape index (κ2) is 4.38. The van der Waals surface area contributed by atoms with Crippen LogP contribution in [0, 0.1) is 4.64 Å². The van der Waals surface area contributed by atoms with Gasteiger partial charge in [0.15, 0.2) is 0 Å². The summed E-state index contributed by atoms with van der Waals surface area (Å²) in [5.74, 6) is 1.77. The summed E-state index contributed by atoms with van der Waals surface area (Å²) in [6, 6.07) is 1.53. The quantitative estimate of drug-likeness (QED) is 0.800. The monoisotopic (exact) mass is 275 g/mol. The minimum absolute atomic E-state index is 0.598. The highest BCUT2D eigenvalue weighted by atomic mass is 32.1. The lowest BCUT2D eigenvalue weighted by Crippen LogP contribution is -2.39. The number of nitrogens with zero attached hydrogens (tertiary/aromatic N) is 2. The largest absolute Gasteiger partial charge is 0.347 e. The third-order valence-electron chi connectivity index (χ3n) is 5.46. The summed E-state index contributed by atoms with van der Waals surface area (Å²) in [6.07, 6.45) is 8.75. The maximum Gasteiger partial charge on any atom is 0.133 e. The number of hydrogen-bond acceptors (Lipinski definition) is 3. The van der Waals surface area contributed by atoms with E-state index in [0.29, 0.717) is 5.92 Å². The summed E-state index contributed by atoms with van der Waals surface area (Å²) in [4.78, 5) is 10.9. The van der Waals surface area contributed by atoms with Gasteiger partial charge in [-0.05, 0) is 52.0 Å². The van der Waals surface area contributed by atoms with E-state index in [-0.39, 0.29) is 0 Å². The molecular formula is C15H21N3S. The first kappa shape index (κ1) is 12.0. The molecule has 2 saturated heterocycles. The Bertz CT molecular complexity index is 551. The smallest absolute Gasteiger partial charge is 0.133 e. The van der Waals surface area contributed by atoms with E-state index in [4.69, 9.17) is 17.2 Å². The van der Waals surface area contributed by atoms with Crippen LogP contribution < -0.4 is 0 Å². The zero-order chi connectivity index (χ0) is 13.0. The maximum absolute atomic E-state index is 5.49. The number of aromatic amines is 1. The van der Waals surface area contributed by atoms with Crippen molar-refractivity contribution in [3.8, 4) is 0 Å². The van der Waals surface area contributed by atoms with Crippen LogP contribution in [0.5, 0.6) is 0 Å². The molecule has 0 amide bonds. The average Bonchev–Trinajstić information content (AvgIpc) is 2.92. The molecule has 1 N–H and O–H groups in total. The van der Waals surface area contributed by atoms with E-state index in [0.717, 1.165) is 29.6 Å². The van der Waals surface area contributed by atoms with Gasteiger partial charge in [-0.25, -0.2) is 4.98 Å². The molecule has 2 unspecified atom stereocenters. The van der Waals surface area contributed by atoms with Crippen molar-refractivity contribution in [1.29, 1.82) is 0 Å². The van der Waals surface area contributed by atoms with Gasteiger partial charge in [0.05, 0.1) is 0 Å². The molecule has 2 fully saturated rings. The number of hydrogen-bond donors (Lipinski definition) is 1. The minimum Gasteiger partial charge on any atom is -0.347 e. The normalized spacial score (nSPS) is 33.6. The molecule has 4 heteroatoms. The first-order valence-corrected chi connectivity index (χ1v) is 7.97. The lowest BCUT2D eigenvalue weighted by atomic mass is 9.90. The summed E-state index contributed by atoms with van der Waals surface area (Å²) in [7, 11) is 2.29. The summed E-state index contributed by atoms with van der Waals surface area (Å²) < 4.78 is 0.868. The summed E-state index contributed by atoms with van der Waals surface area (Å²) in [5.41, 5.74) is 2.69. The first-order chi connectivity index (χ1) is 9.22. The summed E-state index contributed by atoms with van der Waals surface area (Å²) in [5, 5.41) is 0. The van der Waals surface area contributed by atoms with Crippen molar-refractivity contribution >= 4 is 12.2 Å². The predicted molar refractivity (Wildman–Crippen MR) is 78.0 cm³/mol. The molecule has 0 radical (unpaired) electrons. The predicted octanol–water partition coefficient (Wildman–Crippen LogP) is 2.97. The van der Waals surface area contributed by atoms with Gasteiger partial charge in [-0.2, -0.15) is 0 Å². The fourth-order valence-electron chi connectivity index (χ4n) is 4.31. The Morgan fingerprint density at radius 2 is 1.95 bits per heavy atom. The van der Waals surface area contributed by atoms with E-state index in [1.165, 1.54) is 49.2 Å². The number of H-pyrrole nitrogens is 1. The van der Waals surface area contributed by atoms with Crippen LogP contribution in [0.15, 0.2) is 0 Å². The van der Waals surface area contributed by atoms with Crippen LogP contribution in [-0.2, 0) is 12.8 Å². The van der Waals surface area contributed by atoms with Gasteiger partial charge in [0.25, 0.3) is 0 Å². The van der Waals surface area contributed by atoms with E-state index < -0.39 is 0 Å². The van der Waals surface area contributed by atoms with Gasteiger partial charge in [-0.1, -0.05) is 12.2 Å². The van der Waals surface area contributed by atoms with Crippen molar-refractivity contribution in [1.82, 2.24) is 14.9 Å². The molecule has 3 nitrogen and oxygen atoms in total. The topological polar surface area (TPSA) is 31.9 Å². The third-order valence-corrected chi connectivity index (χ3v) is 5.80. The number of fused-ring (bicyclic) bond motifs is 3. The minimum atomic E-state index is 0.598. The van der Waals surface area contributed by atoms with Gasteiger partial charge in [0.2, 0.25) is 0 Å². The molecule has 0 saturated carbocycles. The maximum atomic E-state index is 5.49. The number of piperidine rings is 1. The van der Waals surface area contributed by atoms with Gasteiger partial charge in [0.1, 0.15) is 10.5 Å². The van der Waals surface area contributed by atoms with E-state index in [1.54, 1.807) is 0 Å². The Morgan fingerprint density at radius 1 is 1.21 bits per heavy atom. The fraction of sp³-hybridized carbons (Fsp3) is 0.733. The van der Waals surface area contributed by atoms with Gasteiger partial charge in [-0.15, -0.1) is 0 Å². The highest BCUT2D eigenvalue weighted by Crippen LogP contribution is 2.41. The molecule has 1 aromatic heterocycles. The number of nitrogens with one attached hydrogen (secondary N) is 1. The molecule has 0 aromatic carbocycles. The lowest BCUT2D eigenvalue weighted by molar-refractivity contribution is 0.158. The Hall–Kier alpha value is -0.740. The summed E-state index contributed by atoms with van der Waals surface area (Å²) in [6.45, 7) is 0. The molecule has 2 aliphatic heterocycles. The lowest BCUT2D eigenvalue weighted by Gasteiger charge is -2.35. The van der Waals surface area contributed by atoms with Crippen LogP contribution in [-0.4, -0.2) is 34.0 Å². The van der Waals surface area contributed by atoms with E-state index in [2.05, 4.69) is 16.9 Å². The SMILES string of the molecule is CN1C2CCC1CC(c1nc(=S)c3c([nH]1)CCC3)C2. The van der Waals surface area contributed by atoms with Gasteiger partial charge >= 0.3 is 0 Å². The molecule has 0 spiro atoms. The zero-order valence-corrected chi connectivity index (χ0v) is 12.3. The van der Waals surface area contributed by atoms with Crippen LogP contribution in [0.2, 0.25) is 0 Å². The van der Waals surface area contributed by atoms with Crippen LogP contribution in [0.3, 0.4) is 0 Å². The van der Waals surface area contributed by atoms with Crippen molar-refractivity contribution in [2.45, 2.75) is 62.9 Å².